The molecule has 4 nitrogen and oxygen atoms in total. The molecule has 0 unspecified atom stereocenters. The van der Waals surface area contributed by atoms with Crippen LogP contribution in [0.1, 0.15) is 13.8 Å². The van der Waals surface area contributed by atoms with Crippen LogP contribution in [0.5, 0.6) is 0 Å². The minimum Gasteiger partial charge on any atom is -0.447 e. The predicted octanol–water partition coefficient (Wildman–Crippen LogP) is 0.0372. The molecule has 0 aromatic carbocycles. The Morgan fingerprint density at radius 2 is 2.33 bits per heavy atom. The zero-order chi connectivity index (χ0) is 7.28. The molecule has 4 heteroatoms. The van der Waals surface area contributed by atoms with Gasteiger partial charge >= 0.3 is 6.09 Å². The third-order valence-electron chi connectivity index (χ3n) is 0.589. The number of carbonyl (C=O) groups excluding carboxylic acids is 1. The first-order valence-electron chi connectivity index (χ1n) is 2.81. The number of carbonyl (C=O) groups is 1. The van der Waals surface area contributed by atoms with Crippen molar-refractivity contribution in [3.63, 3.8) is 0 Å². The van der Waals surface area contributed by atoms with Gasteiger partial charge in [0.1, 0.15) is 0 Å². The molecule has 54 valence electrons. The maximum absolute atomic E-state index is 10.4. The smallest absolute Gasteiger partial charge is 0.408 e. The minimum absolute atomic E-state index is 0.0865. The van der Waals surface area contributed by atoms with Crippen LogP contribution in [0.2, 0.25) is 0 Å². The largest absolute Gasteiger partial charge is 0.447 e. The van der Waals surface area contributed by atoms with Gasteiger partial charge in [-0.05, 0) is 13.8 Å². The van der Waals surface area contributed by atoms with Crippen LogP contribution in [0.25, 0.3) is 0 Å². The Kier molecular flexibility index (Phi) is 3.79. The molecular formula is C5H12N2O2. The number of rotatable bonds is 2. The summed E-state index contributed by atoms with van der Waals surface area (Å²) in [7, 11) is 0. The Balaban J connectivity index is 3.27. The molecule has 9 heavy (non-hydrogen) atoms. The van der Waals surface area contributed by atoms with E-state index in [1.165, 1.54) is 0 Å². The number of hydrogen-bond acceptors (Lipinski definition) is 3. The Bertz CT molecular complexity index is 93.0. The van der Waals surface area contributed by atoms with Gasteiger partial charge in [-0.15, -0.1) is 0 Å². The van der Waals surface area contributed by atoms with E-state index in [4.69, 9.17) is 5.73 Å². The van der Waals surface area contributed by atoms with Crippen LogP contribution >= 0.6 is 0 Å². The first kappa shape index (κ1) is 8.23. The van der Waals surface area contributed by atoms with Crippen LogP contribution in [0.3, 0.4) is 0 Å². The van der Waals surface area contributed by atoms with E-state index < -0.39 is 6.09 Å². The predicted molar refractivity (Wildman–Crippen MR) is 33.8 cm³/mol. The van der Waals surface area contributed by atoms with Gasteiger partial charge in [-0.1, -0.05) is 0 Å². The molecule has 0 fully saturated rings. The van der Waals surface area contributed by atoms with E-state index in [0.29, 0.717) is 0 Å². The molecule has 0 rings (SSSR count). The Hall–Kier alpha value is -0.770. The van der Waals surface area contributed by atoms with Gasteiger partial charge in [0, 0.05) is 0 Å². The first-order valence-corrected chi connectivity index (χ1v) is 2.81. The molecule has 0 aliphatic heterocycles. The van der Waals surface area contributed by atoms with Gasteiger partial charge in [0.2, 0.25) is 0 Å². The fourth-order valence-corrected chi connectivity index (χ4v) is 0.339. The third kappa shape index (κ3) is 5.10. The highest BCUT2D eigenvalue weighted by Gasteiger charge is 2.00. The summed E-state index contributed by atoms with van der Waals surface area (Å²) in [4.78, 5) is 10.4. The number of ether oxygens (including phenoxy) is 1. The summed E-state index contributed by atoms with van der Waals surface area (Å²) in [6.45, 7) is 3.66. The van der Waals surface area contributed by atoms with E-state index in [-0.39, 0.29) is 12.8 Å². The van der Waals surface area contributed by atoms with Crippen molar-refractivity contribution >= 4 is 6.09 Å². The number of nitrogens with two attached hydrogens (primary N) is 1. The lowest BCUT2D eigenvalue weighted by Gasteiger charge is -2.06. The molecule has 1 amide bonds. The summed E-state index contributed by atoms with van der Waals surface area (Å²) < 4.78 is 4.66. The van der Waals surface area contributed by atoms with Gasteiger partial charge < -0.3 is 15.8 Å². The van der Waals surface area contributed by atoms with E-state index in [1.54, 1.807) is 13.8 Å². The molecular weight excluding hydrogens is 120 g/mol. The molecule has 0 radical (unpaired) electrons. The lowest BCUT2D eigenvalue weighted by atomic mass is 10.5. The Morgan fingerprint density at radius 1 is 1.78 bits per heavy atom. The molecule has 0 saturated carbocycles. The molecule has 0 aromatic rings. The summed E-state index contributed by atoms with van der Waals surface area (Å²) in [5.74, 6) is 0. The second kappa shape index (κ2) is 4.14. The van der Waals surface area contributed by atoms with Crippen molar-refractivity contribution in [2.24, 2.45) is 5.73 Å². The van der Waals surface area contributed by atoms with Crippen molar-refractivity contribution in [1.29, 1.82) is 0 Å². The normalized spacial score (nSPS) is 9.33. The molecule has 0 aliphatic rings. The van der Waals surface area contributed by atoms with Crippen LogP contribution in [0.15, 0.2) is 0 Å². The summed E-state index contributed by atoms with van der Waals surface area (Å²) in [5, 5.41) is 2.29. The topological polar surface area (TPSA) is 64.3 Å². The molecule has 0 saturated heterocycles. The first-order chi connectivity index (χ1) is 4.16. The highest BCUT2D eigenvalue weighted by atomic mass is 16.6. The van der Waals surface area contributed by atoms with E-state index in [0.717, 1.165) is 0 Å². The van der Waals surface area contributed by atoms with E-state index in [2.05, 4.69) is 10.1 Å². The standard InChI is InChI=1S/C5H12N2O2/c1-4(2)9-5(8)7-3-6/h4H,3,6H2,1-2H3,(H,7,8). The minimum atomic E-state index is -0.465. The van der Waals surface area contributed by atoms with Gasteiger partial charge in [-0.25, -0.2) is 4.79 Å². The molecule has 3 N–H and O–H groups in total. The van der Waals surface area contributed by atoms with Crippen molar-refractivity contribution in [3.05, 3.63) is 0 Å². The van der Waals surface area contributed by atoms with Gasteiger partial charge in [0.25, 0.3) is 0 Å². The van der Waals surface area contributed by atoms with E-state index in [9.17, 15) is 4.79 Å². The quantitative estimate of drug-likeness (QED) is 0.521. The number of nitrogens with one attached hydrogen (secondary N) is 1. The molecule has 0 bridgehead atoms. The molecule has 0 spiro atoms. The zero-order valence-electron chi connectivity index (χ0n) is 5.68. The fraction of sp³-hybridized carbons (Fsp3) is 0.800. The molecule has 0 aromatic heterocycles. The van der Waals surface area contributed by atoms with Gasteiger partial charge in [0.15, 0.2) is 0 Å². The monoisotopic (exact) mass is 132 g/mol. The second-order valence-electron chi connectivity index (χ2n) is 1.83. The van der Waals surface area contributed by atoms with E-state index >= 15 is 0 Å². The van der Waals surface area contributed by atoms with Crippen LogP contribution in [0.4, 0.5) is 4.79 Å². The van der Waals surface area contributed by atoms with Gasteiger partial charge in [0.05, 0.1) is 12.8 Å². The van der Waals surface area contributed by atoms with Crippen molar-refractivity contribution in [2.45, 2.75) is 20.0 Å². The van der Waals surface area contributed by atoms with Crippen LogP contribution in [-0.2, 0) is 4.74 Å². The lowest BCUT2D eigenvalue weighted by Crippen LogP contribution is -2.31. The average Bonchev–Trinajstić information content (AvgIpc) is 1.63. The fourth-order valence-electron chi connectivity index (χ4n) is 0.339. The number of alkyl carbamates (subject to hydrolysis) is 1. The summed E-state index contributed by atoms with van der Waals surface area (Å²) >= 11 is 0. The second-order valence-corrected chi connectivity index (χ2v) is 1.83. The maximum atomic E-state index is 10.4. The summed E-state index contributed by atoms with van der Waals surface area (Å²) in [6.07, 6.45) is -0.552. The SMILES string of the molecule is CC(C)OC(=O)NCN. The Morgan fingerprint density at radius 3 is 2.67 bits per heavy atom. The number of hydrogen-bond donors (Lipinski definition) is 2. The molecule has 0 heterocycles. The van der Waals surface area contributed by atoms with Crippen molar-refractivity contribution in [3.8, 4) is 0 Å². The van der Waals surface area contributed by atoms with Gasteiger partial charge in [-0.2, -0.15) is 0 Å². The molecule has 0 atom stereocenters. The van der Waals surface area contributed by atoms with Gasteiger partial charge in [-0.3, -0.25) is 0 Å². The highest BCUT2D eigenvalue weighted by Crippen LogP contribution is 1.86. The van der Waals surface area contributed by atoms with Crippen molar-refractivity contribution in [1.82, 2.24) is 5.32 Å². The number of amides is 1. The highest BCUT2D eigenvalue weighted by molar-refractivity contribution is 5.67. The maximum Gasteiger partial charge on any atom is 0.408 e. The van der Waals surface area contributed by atoms with E-state index in [1.807, 2.05) is 0 Å². The van der Waals surface area contributed by atoms with Crippen molar-refractivity contribution < 1.29 is 9.53 Å². The summed E-state index contributed by atoms with van der Waals surface area (Å²) in [6, 6.07) is 0. The van der Waals surface area contributed by atoms with Crippen molar-refractivity contribution in [2.75, 3.05) is 6.67 Å². The van der Waals surface area contributed by atoms with Crippen LogP contribution in [-0.4, -0.2) is 18.9 Å². The zero-order valence-corrected chi connectivity index (χ0v) is 5.68. The van der Waals surface area contributed by atoms with Crippen LogP contribution < -0.4 is 11.1 Å². The third-order valence-corrected chi connectivity index (χ3v) is 0.589. The average molecular weight is 132 g/mol. The Labute approximate surface area is 54.4 Å². The molecule has 0 aliphatic carbocycles. The van der Waals surface area contributed by atoms with Crippen LogP contribution in [0, 0.1) is 0 Å². The summed E-state index contributed by atoms with van der Waals surface area (Å²) in [5.41, 5.74) is 4.99. The lowest BCUT2D eigenvalue weighted by molar-refractivity contribution is 0.116.